The summed E-state index contributed by atoms with van der Waals surface area (Å²) in [4.78, 5) is 12.2. The molecule has 1 unspecified atom stereocenters. The smallest absolute Gasteiger partial charge is 0.308 e. The monoisotopic (exact) mass is 406 g/mol. The second-order valence-electron chi connectivity index (χ2n) is 7.34. The Labute approximate surface area is 178 Å². The van der Waals surface area contributed by atoms with E-state index in [9.17, 15) is 4.79 Å². The second kappa shape index (κ2) is 10.8. The summed E-state index contributed by atoms with van der Waals surface area (Å²) >= 11 is 5.97. The molecule has 3 aromatic rings. The molecule has 0 bridgehead atoms. The third-order valence-corrected chi connectivity index (χ3v) is 5.56. The fraction of sp³-hybridized carbons (Fsp3) is 0.269. The average Bonchev–Trinajstić information content (AvgIpc) is 2.77. The summed E-state index contributed by atoms with van der Waals surface area (Å²) in [5.74, 6) is -0.157. The van der Waals surface area contributed by atoms with E-state index in [0.29, 0.717) is 0 Å². The van der Waals surface area contributed by atoms with E-state index in [0.717, 1.165) is 48.3 Å². The summed E-state index contributed by atoms with van der Waals surface area (Å²) < 4.78 is 5.04. The summed E-state index contributed by atoms with van der Waals surface area (Å²) in [6.45, 7) is 0. The lowest BCUT2D eigenvalue weighted by atomic mass is 9.93. The van der Waals surface area contributed by atoms with E-state index in [2.05, 4.69) is 48.5 Å². The fourth-order valence-corrected chi connectivity index (χ4v) is 3.72. The quantitative estimate of drug-likeness (QED) is 0.367. The molecular formula is C26H27ClO2. The molecule has 1 atom stereocenters. The summed E-state index contributed by atoms with van der Waals surface area (Å²) in [5.41, 5.74) is 4.86. The van der Waals surface area contributed by atoms with Gasteiger partial charge in [0.2, 0.25) is 0 Å². The molecule has 3 aromatic carbocycles. The lowest BCUT2D eigenvalue weighted by Gasteiger charge is -2.15. The first-order valence-corrected chi connectivity index (χ1v) is 10.5. The van der Waals surface area contributed by atoms with E-state index in [1.807, 2.05) is 30.3 Å². The highest BCUT2D eigenvalue weighted by molar-refractivity contribution is 6.30. The van der Waals surface area contributed by atoms with Crippen LogP contribution in [0.4, 0.5) is 0 Å². The Morgan fingerprint density at radius 3 is 2.00 bits per heavy atom. The summed E-state index contributed by atoms with van der Waals surface area (Å²) in [5, 5.41) is 0.742. The molecule has 150 valence electrons. The molecule has 29 heavy (non-hydrogen) atoms. The molecule has 3 heteroatoms. The summed E-state index contributed by atoms with van der Waals surface area (Å²) in [6.07, 6.45) is 4.50. The topological polar surface area (TPSA) is 26.3 Å². The van der Waals surface area contributed by atoms with Crippen molar-refractivity contribution in [2.45, 2.75) is 32.1 Å². The maximum absolute atomic E-state index is 12.2. The van der Waals surface area contributed by atoms with Crippen LogP contribution in [0.5, 0.6) is 0 Å². The predicted octanol–water partition coefficient (Wildman–Crippen LogP) is 6.75. The number of hydrogen-bond acceptors (Lipinski definition) is 2. The van der Waals surface area contributed by atoms with Crippen LogP contribution in [0.25, 0.3) is 11.1 Å². The van der Waals surface area contributed by atoms with Crippen molar-refractivity contribution in [3.63, 3.8) is 0 Å². The van der Waals surface area contributed by atoms with Crippen molar-refractivity contribution < 1.29 is 9.53 Å². The number of hydrogen-bond donors (Lipinski definition) is 0. The summed E-state index contributed by atoms with van der Waals surface area (Å²) in [7, 11) is 1.48. The van der Waals surface area contributed by atoms with Gasteiger partial charge in [0.05, 0.1) is 13.0 Å². The number of halogens is 1. The lowest BCUT2D eigenvalue weighted by Crippen LogP contribution is -2.17. The first-order valence-electron chi connectivity index (χ1n) is 10.1. The number of ether oxygens (including phenoxy) is 1. The minimum atomic E-state index is -0.101. The number of carbonyl (C=O) groups is 1. The van der Waals surface area contributed by atoms with Crippen molar-refractivity contribution in [3.05, 3.63) is 95.0 Å². The van der Waals surface area contributed by atoms with Gasteiger partial charge in [0, 0.05) is 5.02 Å². The molecule has 0 aliphatic carbocycles. The SMILES string of the molecule is COC(=O)C(CCCc1ccccc1)CCc1ccc(-c2ccc(Cl)cc2)cc1. The molecule has 0 saturated heterocycles. The number of methoxy groups -OCH3 is 1. The highest BCUT2D eigenvalue weighted by atomic mass is 35.5. The Kier molecular flexibility index (Phi) is 7.89. The van der Waals surface area contributed by atoms with Crippen molar-refractivity contribution in [2.75, 3.05) is 7.11 Å². The van der Waals surface area contributed by atoms with Gasteiger partial charge in [0.25, 0.3) is 0 Å². The molecule has 0 amide bonds. The van der Waals surface area contributed by atoms with Crippen molar-refractivity contribution in [1.29, 1.82) is 0 Å². The Morgan fingerprint density at radius 1 is 0.793 bits per heavy atom. The normalized spacial score (nSPS) is 11.8. The molecule has 0 aromatic heterocycles. The van der Waals surface area contributed by atoms with Gasteiger partial charge in [-0.05, 0) is 66.5 Å². The van der Waals surface area contributed by atoms with Crippen molar-refractivity contribution in [1.82, 2.24) is 0 Å². The third-order valence-electron chi connectivity index (χ3n) is 5.31. The molecule has 0 aliphatic rings. The van der Waals surface area contributed by atoms with Gasteiger partial charge in [-0.25, -0.2) is 0 Å². The van der Waals surface area contributed by atoms with Crippen LogP contribution >= 0.6 is 11.6 Å². The molecular weight excluding hydrogens is 380 g/mol. The number of benzene rings is 3. The molecule has 0 saturated carbocycles. The number of carbonyl (C=O) groups excluding carboxylic acids is 1. The Hall–Kier alpha value is -2.58. The zero-order valence-corrected chi connectivity index (χ0v) is 17.6. The highest BCUT2D eigenvalue weighted by Gasteiger charge is 2.18. The van der Waals surface area contributed by atoms with Gasteiger partial charge >= 0.3 is 5.97 Å². The largest absolute Gasteiger partial charge is 0.469 e. The van der Waals surface area contributed by atoms with E-state index >= 15 is 0 Å². The molecule has 2 nitrogen and oxygen atoms in total. The maximum Gasteiger partial charge on any atom is 0.308 e. The van der Waals surface area contributed by atoms with Gasteiger partial charge in [-0.2, -0.15) is 0 Å². The molecule has 0 N–H and O–H groups in total. The van der Waals surface area contributed by atoms with Crippen LogP contribution in [0.15, 0.2) is 78.9 Å². The van der Waals surface area contributed by atoms with Gasteiger partial charge in [0.15, 0.2) is 0 Å². The van der Waals surface area contributed by atoms with E-state index in [1.54, 1.807) is 0 Å². The fourth-order valence-electron chi connectivity index (χ4n) is 3.59. The van der Waals surface area contributed by atoms with Crippen LogP contribution in [0.3, 0.4) is 0 Å². The standard InChI is InChI=1S/C26H27ClO2/c1-29-26(28)24(9-5-8-20-6-3-2-4-7-20)15-12-21-10-13-22(14-11-21)23-16-18-25(27)19-17-23/h2-4,6-7,10-11,13-14,16-19,24H,5,8-9,12,15H2,1H3. The minimum Gasteiger partial charge on any atom is -0.469 e. The van der Waals surface area contributed by atoms with Gasteiger partial charge in [-0.1, -0.05) is 78.3 Å². The molecule has 0 aliphatic heterocycles. The van der Waals surface area contributed by atoms with E-state index in [1.165, 1.54) is 18.2 Å². The molecule has 0 spiro atoms. The average molecular weight is 407 g/mol. The van der Waals surface area contributed by atoms with Crippen LogP contribution in [-0.2, 0) is 22.4 Å². The van der Waals surface area contributed by atoms with Crippen molar-refractivity contribution in [2.24, 2.45) is 5.92 Å². The number of esters is 1. The second-order valence-corrected chi connectivity index (χ2v) is 7.78. The zero-order chi connectivity index (χ0) is 20.5. The Morgan fingerprint density at radius 2 is 1.38 bits per heavy atom. The van der Waals surface area contributed by atoms with Crippen molar-refractivity contribution in [3.8, 4) is 11.1 Å². The number of aryl methyl sites for hydroxylation is 2. The predicted molar refractivity (Wildman–Crippen MR) is 120 cm³/mol. The van der Waals surface area contributed by atoms with Crippen LogP contribution in [-0.4, -0.2) is 13.1 Å². The Balaban J connectivity index is 1.54. The minimum absolute atomic E-state index is 0.0559. The van der Waals surface area contributed by atoms with E-state index < -0.39 is 0 Å². The van der Waals surface area contributed by atoms with Crippen LogP contribution in [0, 0.1) is 5.92 Å². The highest BCUT2D eigenvalue weighted by Crippen LogP contribution is 2.23. The van der Waals surface area contributed by atoms with Gasteiger partial charge in [-0.3, -0.25) is 4.79 Å². The first-order chi connectivity index (χ1) is 14.2. The molecule has 0 radical (unpaired) electrons. The van der Waals surface area contributed by atoms with Gasteiger partial charge in [-0.15, -0.1) is 0 Å². The third kappa shape index (κ3) is 6.47. The van der Waals surface area contributed by atoms with Crippen LogP contribution < -0.4 is 0 Å². The molecule has 0 heterocycles. The number of rotatable bonds is 9. The van der Waals surface area contributed by atoms with Gasteiger partial charge < -0.3 is 4.74 Å². The maximum atomic E-state index is 12.2. The van der Waals surface area contributed by atoms with Crippen LogP contribution in [0.2, 0.25) is 5.02 Å². The molecule has 3 rings (SSSR count). The summed E-state index contributed by atoms with van der Waals surface area (Å²) in [6, 6.07) is 26.8. The lowest BCUT2D eigenvalue weighted by molar-refractivity contribution is -0.145. The molecule has 0 fully saturated rings. The first kappa shape index (κ1) is 21.1. The van der Waals surface area contributed by atoms with Crippen LogP contribution in [0.1, 0.15) is 30.4 Å². The van der Waals surface area contributed by atoms with Gasteiger partial charge in [0.1, 0.15) is 0 Å². The Bertz CT molecular complexity index is 886. The van der Waals surface area contributed by atoms with E-state index in [-0.39, 0.29) is 11.9 Å². The van der Waals surface area contributed by atoms with Crippen molar-refractivity contribution >= 4 is 17.6 Å². The van der Waals surface area contributed by atoms with E-state index in [4.69, 9.17) is 16.3 Å². The zero-order valence-electron chi connectivity index (χ0n) is 16.8.